The second-order valence-electron chi connectivity index (χ2n) is 4.18. The average molecular weight is 210 g/mol. The van der Waals surface area contributed by atoms with Gasteiger partial charge in [0.05, 0.1) is 0 Å². The second-order valence-corrected chi connectivity index (χ2v) is 4.18. The molecule has 3 nitrogen and oxygen atoms in total. The van der Waals surface area contributed by atoms with Crippen molar-refractivity contribution in [3.63, 3.8) is 0 Å². The summed E-state index contributed by atoms with van der Waals surface area (Å²) in [5.74, 6) is 0.748. The van der Waals surface area contributed by atoms with Crippen molar-refractivity contribution in [3.05, 3.63) is 27.9 Å². The van der Waals surface area contributed by atoms with Gasteiger partial charge in [0.25, 0.3) is 5.56 Å². The van der Waals surface area contributed by atoms with Gasteiger partial charge < -0.3 is 4.98 Å². The van der Waals surface area contributed by atoms with Crippen LogP contribution in [0, 0.1) is 0 Å². The van der Waals surface area contributed by atoms with Gasteiger partial charge in [0.1, 0.15) is 5.82 Å². The topological polar surface area (TPSA) is 45.8 Å². The number of nitrogens with zero attached hydrogens (tertiary/aromatic N) is 1. The Morgan fingerprint density at radius 3 is 2.20 bits per heavy atom. The van der Waals surface area contributed by atoms with Crippen molar-refractivity contribution in [1.29, 1.82) is 0 Å². The van der Waals surface area contributed by atoms with Crippen LogP contribution < -0.4 is 5.56 Å². The summed E-state index contributed by atoms with van der Waals surface area (Å²) in [5.41, 5.74) is 0.594. The van der Waals surface area contributed by atoms with Gasteiger partial charge in [-0.3, -0.25) is 4.79 Å². The number of rotatable bonds is 1. The summed E-state index contributed by atoms with van der Waals surface area (Å²) in [5, 5.41) is 0. The molecule has 0 bridgehead atoms. The van der Waals surface area contributed by atoms with Crippen LogP contribution in [0.25, 0.3) is 0 Å². The molecule has 0 radical (unpaired) electrons. The minimum Gasteiger partial charge on any atom is -0.310 e. The summed E-state index contributed by atoms with van der Waals surface area (Å²) in [6, 6.07) is 0. The van der Waals surface area contributed by atoms with Gasteiger partial charge in [0.2, 0.25) is 0 Å². The zero-order chi connectivity index (χ0) is 12.1. The van der Waals surface area contributed by atoms with Crippen LogP contribution in [-0.4, -0.2) is 9.97 Å². The van der Waals surface area contributed by atoms with Crippen molar-refractivity contribution in [2.24, 2.45) is 0 Å². The van der Waals surface area contributed by atoms with Gasteiger partial charge in [-0.2, -0.15) is 0 Å². The lowest BCUT2D eigenvalue weighted by Crippen LogP contribution is -2.25. The first-order valence-corrected chi connectivity index (χ1v) is 5.54. The maximum Gasteiger partial charge on any atom is 0.254 e. The van der Waals surface area contributed by atoms with Gasteiger partial charge in [-0.05, 0) is 5.41 Å². The molecular weight excluding hydrogens is 188 g/mol. The first-order valence-electron chi connectivity index (χ1n) is 5.54. The molecule has 15 heavy (non-hydrogen) atoms. The number of aromatic amines is 1. The van der Waals surface area contributed by atoms with E-state index < -0.39 is 0 Å². The predicted molar refractivity (Wildman–Crippen MR) is 64.3 cm³/mol. The van der Waals surface area contributed by atoms with E-state index in [0.717, 1.165) is 17.8 Å². The van der Waals surface area contributed by atoms with E-state index in [1.807, 2.05) is 41.5 Å². The molecule has 1 heterocycles. The van der Waals surface area contributed by atoms with Crippen LogP contribution in [0.15, 0.2) is 11.0 Å². The Kier molecular flexibility index (Phi) is 5.26. The van der Waals surface area contributed by atoms with Crippen molar-refractivity contribution in [1.82, 2.24) is 9.97 Å². The van der Waals surface area contributed by atoms with E-state index >= 15 is 0 Å². The average Bonchev–Trinajstić information content (AvgIpc) is 2.18. The lowest BCUT2D eigenvalue weighted by molar-refractivity contribution is 0.575. The summed E-state index contributed by atoms with van der Waals surface area (Å²) in [4.78, 5) is 18.5. The molecule has 0 aromatic carbocycles. The molecule has 0 saturated carbocycles. The van der Waals surface area contributed by atoms with Crippen molar-refractivity contribution in [2.75, 3.05) is 0 Å². The molecule has 1 N–H and O–H groups in total. The number of hydrogen-bond acceptors (Lipinski definition) is 2. The molecule has 0 amide bonds. The lowest BCUT2D eigenvalue weighted by Gasteiger charge is -2.16. The highest BCUT2D eigenvalue weighted by Gasteiger charge is 2.17. The molecule has 1 rings (SSSR count). The Balaban J connectivity index is 0.000000921. The molecule has 0 saturated heterocycles. The van der Waals surface area contributed by atoms with Crippen molar-refractivity contribution in [2.45, 2.75) is 53.4 Å². The predicted octanol–water partition coefficient (Wildman–Crippen LogP) is 2.66. The van der Waals surface area contributed by atoms with Crippen LogP contribution in [0.4, 0.5) is 0 Å². The summed E-state index contributed by atoms with van der Waals surface area (Å²) in [6.45, 7) is 12.0. The van der Waals surface area contributed by atoms with Gasteiger partial charge in [0.15, 0.2) is 0 Å². The molecule has 0 aliphatic carbocycles. The summed E-state index contributed by atoms with van der Waals surface area (Å²) >= 11 is 0. The number of nitrogens with one attached hydrogen (secondary N) is 1. The molecular formula is C12H22N2O. The van der Waals surface area contributed by atoms with E-state index in [1.54, 1.807) is 6.20 Å². The van der Waals surface area contributed by atoms with Gasteiger partial charge in [-0.25, -0.2) is 4.98 Å². The van der Waals surface area contributed by atoms with E-state index in [2.05, 4.69) is 9.97 Å². The van der Waals surface area contributed by atoms with E-state index in [0.29, 0.717) is 0 Å². The maximum atomic E-state index is 11.6. The Labute approximate surface area is 92.0 Å². The number of hydrogen-bond donors (Lipinski definition) is 1. The summed E-state index contributed by atoms with van der Waals surface area (Å²) < 4.78 is 0. The maximum absolute atomic E-state index is 11.6. The monoisotopic (exact) mass is 210 g/mol. The van der Waals surface area contributed by atoms with Crippen LogP contribution in [-0.2, 0) is 11.8 Å². The molecule has 0 spiro atoms. The third-order valence-corrected chi connectivity index (χ3v) is 1.99. The lowest BCUT2D eigenvalue weighted by atomic mass is 9.89. The van der Waals surface area contributed by atoms with Crippen molar-refractivity contribution >= 4 is 0 Å². The second kappa shape index (κ2) is 5.69. The standard InChI is InChI=1S/C10H16N2O.C2H6/c1-5-8-11-6-7(9(13)12-8)10(2,3)4;1-2/h6H,5H2,1-4H3,(H,11,12,13);1-2H3. The summed E-state index contributed by atoms with van der Waals surface area (Å²) in [6.07, 6.45) is 2.44. The fourth-order valence-electron chi connectivity index (χ4n) is 1.15. The summed E-state index contributed by atoms with van der Waals surface area (Å²) in [7, 11) is 0. The third-order valence-electron chi connectivity index (χ3n) is 1.99. The van der Waals surface area contributed by atoms with Gasteiger partial charge in [-0.1, -0.05) is 41.5 Å². The van der Waals surface area contributed by atoms with Crippen LogP contribution in [0.5, 0.6) is 0 Å². The molecule has 0 unspecified atom stereocenters. The number of H-pyrrole nitrogens is 1. The van der Waals surface area contributed by atoms with E-state index in [-0.39, 0.29) is 11.0 Å². The largest absolute Gasteiger partial charge is 0.310 e. The zero-order valence-corrected chi connectivity index (χ0v) is 10.6. The molecule has 0 aliphatic rings. The SMILES string of the molecule is CC.CCc1ncc(C(C)(C)C)c(=O)[nH]1. The fraction of sp³-hybridized carbons (Fsp3) is 0.667. The molecule has 0 aliphatic heterocycles. The molecule has 0 fully saturated rings. The number of aryl methyl sites for hydroxylation is 1. The normalized spacial score (nSPS) is 10.5. The van der Waals surface area contributed by atoms with Gasteiger partial charge in [-0.15, -0.1) is 0 Å². The van der Waals surface area contributed by atoms with Gasteiger partial charge >= 0.3 is 0 Å². The van der Waals surface area contributed by atoms with Crippen LogP contribution in [0.3, 0.4) is 0 Å². The molecule has 3 heteroatoms. The molecule has 1 aromatic rings. The van der Waals surface area contributed by atoms with E-state index in [9.17, 15) is 4.79 Å². The van der Waals surface area contributed by atoms with E-state index in [1.165, 1.54) is 0 Å². The smallest absolute Gasteiger partial charge is 0.254 e. The minimum absolute atomic E-state index is 0.0145. The Bertz CT molecular complexity index is 347. The van der Waals surface area contributed by atoms with Crippen molar-refractivity contribution < 1.29 is 0 Å². The van der Waals surface area contributed by atoms with Crippen molar-refractivity contribution in [3.8, 4) is 0 Å². The van der Waals surface area contributed by atoms with Crippen LogP contribution >= 0.6 is 0 Å². The molecule has 1 aromatic heterocycles. The highest BCUT2D eigenvalue weighted by molar-refractivity contribution is 5.15. The van der Waals surface area contributed by atoms with Crippen LogP contribution in [0.1, 0.15) is 52.9 Å². The molecule has 86 valence electrons. The zero-order valence-electron chi connectivity index (χ0n) is 10.6. The highest BCUT2D eigenvalue weighted by Crippen LogP contribution is 2.16. The Hall–Kier alpha value is -1.12. The number of aromatic nitrogens is 2. The molecule has 0 atom stereocenters. The third kappa shape index (κ3) is 3.86. The minimum atomic E-state index is -0.132. The first-order chi connectivity index (χ1) is 6.95. The quantitative estimate of drug-likeness (QED) is 0.774. The Morgan fingerprint density at radius 1 is 1.33 bits per heavy atom. The van der Waals surface area contributed by atoms with E-state index in [4.69, 9.17) is 0 Å². The Morgan fingerprint density at radius 2 is 1.87 bits per heavy atom. The first kappa shape index (κ1) is 13.9. The van der Waals surface area contributed by atoms with Gasteiger partial charge in [0, 0.05) is 18.2 Å². The highest BCUT2D eigenvalue weighted by atomic mass is 16.1. The fourth-order valence-corrected chi connectivity index (χ4v) is 1.15. The van der Waals surface area contributed by atoms with Crippen LogP contribution in [0.2, 0.25) is 0 Å².